The third kappa shape index (κ3) is 3.59. The molecule has 25 heavy (non-hydrogen) atoms. The zero-order valence-electron chi connectivity index (χ0n) is 14.5. The highest BCUT2D eigenvalue weighted by atomic mass is 35.5. The largest absolute Gasteiger partial charge is 0.337 e. The SMILES string of the molecule is Cc1cc(C(=O)N(C)Cc2ccncc2)c(C)n1-c1ccc(Cl)cc1. The van der Waals surface area contributed by atoms with Gasteiger partial charge in [-0.3, -0.25) is 9.78 Å². The van der Waals surface area contributed by atoms with Crippen molar-refractivity contribution in [2.24, 2.45) is 0 Å². The number of amides is 1. The summed E-state index contributed by atoms with van der Waals surface area (Å²) in [6, 6.07) is 13.4. The Balaban J connectivity index is 1.89. The van der Waals surface area contributed by atoms with Crippen LogP contribution in [0.2, 0.25) is 5.02 Å². The van der Waals surface area contributed by atoms with Gasteiger partial charge in [-0.05, 0) is 61.9 Å². The van der Waals surface area contributed by atoms with E-state index in [0.29, 0.717) is 17.1 Å². The van der Waals surface area contributed by atoms with Gasteiger partial charge in [-0.15, -0.1) is 0 Å². The van der Waals surface area contributed by atoms with E-state index in [1.165, 1.54) is 0 Å². The van der Waals surface area contributed by atoms with E-state index in [2.05, 4.69) is 9.55 Å². The number of hydrogen-bond donors (Lipinski definition) is 0. The molecule has 1 amide bonds. The molecule has 2 aromatic heterocycles. The standard InChI is InChI=1S/C20H20ClN3O/c1-14-12-19(15(2)24(14)18-6-4-17(21)5-7-18)20(25)23(3)13-16-8-10-22-11-9-16/h4-12H,13H2,1-3H3. The van der Waals surface area contributed by atoms with Crippen molar-refractivity contribution in [1.82, 2.24) is 14.5 Å². The van der Waals surface area contributed by atoms with Crippen molar-refractivity contribution in [3.8, 4) is 5.69 Å². The smallest absolute Gasteiger partial charge is 0.255 e. The zero-order valence-corrected chi connectivity index (χ0v) is 15.3. The molecule has 0 N–H and O–H groups in total. The first-order valence-corrected chi connectivity index (χ1v) is 8.44. The Hall–Kier alpha value is -2.59. The molecule has 1 aromatic carbocycles. The van der Waals surface area contributed by atoms with Gasteiger partial charge in [0.2, 0.25) is 0 Å². The number of pyridine rings is 1. The lowest BCUT2D eigenvalue weighted by Crippen LogP contribution is -2.26. The second kappa shape index (κ2) is 7.11. The Bertz CT molecular complexity index is 885. The minimum atomic E-state index is 0.00475. The predicted octanol–water partition coefficient (Wildman–Crippen LogP) is 4.41. The number of hydrogen-bond acceptors (Lipinski definition) is 2. The van der Waals surface area contributed by atoms with Gasteiger partial charge in [0, 0.05) is 48.1 Å². The van der Waals surface area contributed by atoms with Gasteiger partial charge in [0.15, 0.2) is 0 Å². The van der Waals surface area contributed by atoms with Crippen molar-refractivity contribution < 1.29 is 4.79 Å². The normalized spacial score (nSPS) is 10.7. The number of benzene rings is 1. The fourth-order valence-electron chi connectivity index (χ4n) is 3.01. The number of aromatic nitrogens is 2. The van der Waals surface area contributed by atoms with Crippen molar-refractivity contribution >= 4 is 17.5 Å². The van der Waals surface area contributed by atoms with Crippen molar-refractivity contribution in [3.63, 3.8) is 0 Å². The molecule has 0 aliphatic heterocycles. The summed E-state index contributed by atoms with van der Waals surface area (Å²) in [4.78, 5) is 18.6. The lowest BCUT2D eigenvalue weighted by atomic mass is 10.2. The molecule has 0 bridgehead atoms. The molecule has 0 atom stereocenters. The van der Waals surface area contributed by atoms with E-state index in [4.69, 9.17) is 11.6 Å². The second-order valence-corrected chi connectivity index (χ2v) is 6.55. The molecule has 0 unspecified atom stereocenters. The van der Waals surface area contributed by atoms with Gasteiger partial charge in [-0.1, -0.05) is 11.6 Å². The third-order valence-electron chi connectivity index (χ3n) is 4.26. The van der Waals surface area contributed by atoms with Crippen LogP contribution in [-0.4, -0.2) is 27.4 Å². The van der Waals surface area contributed by atoms with Crippen molar-refractivity contribution in [1.29, 1.82) is 0 Å². The molecule has 0 aliphatic rings. The number of carbonyl (C=O) groups excluding carboxylic acids is 1. The highest BCUT2D eigenvalue weighted by molar-refractivity contribution is 6.30. The van der Waals surface area contributed by atoms with Crippen LogP contribution in [0.3, 0.4) is 0 Å². The molecule has 0 radical (unpaired) electrons. The van der Waals surface area contributed by atoms with E-state index in [9.17, 15) is 4.79 Å². The Morgan fingerprint density at radius 2 is 1.76 bits per heavy atom. The van der Waals surface area contributed by atoms with Gasteiger partial charge in [0.05, 0.1) is 5.56 Å². The van der Waals surface area contributed by atoms with Crippen molar-refractivity contribution in [2.75, 3.05) is 7.05 Å². The van der Waals surface area contributed by atoms with E-state index in [1.54, 1.807) is 17.3 Å². The van der Waals surface area contributed by atoms with Crippen LogP contribution in [-0.2, 0) is 6.54 Å². The molecule has 128 valence electrons. The van der Waals surface area contributed by atoms with Crippen LogP contribution < -0.4 is 0 Å². The monoisotopic (exact) mass is 353 g/mol. The molecule has 0 saturated heterocycles. The number of carbonyl (C=O) groups is 1. The van der Waals surface area contributed by atoms with Crippen LogP contribution >= 0.6 is 11.6 Å². The summed E-state index contributed by atoms with van der Waals surface area (Å²) in [6.07, 6.45) is 3.47. The van der Waals surface area contributed by atoms with Crippen LogP contribution in [0.4, 0.5) is 0 Å². The first-order valence-electron chi connectivity index (χ1n) is 8.06. The summed E-state index contributed by atoms with van der Waals surface area (Å²) < 4.78 is 2.07. The highest BCUT2D eigenvalue weighted by Gasteiger charge is 2.19. The molecule has 3 aromatic rings. The number of halogens is 1. The highest BCUT2D eigenvalue weighted by Crippen LogP contribution is 2.23. The first kappa shape index (κ1) is 17.2. The maximum Gasteiger partial charge on any atom is 0.255 e. The summed E-state index contributed by atoms with van der Waals surface area (Å²) in [5.74, 6) is 0.00475. The molecule has 4 nitrogen and oxygen atoms in total. The van der Waals surface area contributed by atoms with E-state index < -0.39 is 0 Å². The fraction of sp³-hybridized carbons (Fsp3) is 0.200. The summed E-state index contributed by atoms with van der Waals surface area (Å²) in [5.41, 5.74) is 4.70. The minimum absolute atomic E-state index is 0.00475. The third-order valence-corrected chi connectivity index (χ3v) is 4.51. The van der Waals surface area contributed by atoms with Gasteiger partial charge in [-0.2, -0.15) is 0 Å². The molecule has 2 heterocycles. The lowest BCUT2D eigenvalue weighted by Gasteiger charge is -2.17. The Morgan fingerprint density at radius 3 is 2.40 bits per heavy atom. The molecule has 5 heteroatoms. The Labute approximate surface area is 152 Å². The van der Waals surface area contributed by atoms with E-state index in [0.717, 1.165) is 22.6 Å². The second-order valence-electron chi connectivity index (χ2n) is 6.11. The Morgan fingerprint density at radius 1 is 1.12 bits per heavy atom. The van der Waals surface area contributed by atoms with Crippen molar-refractivity contribution in [2.45, 2.75) is 20.4 Å². The predicted molar refractivity (Wildman–Crippen MR) is 100 cm³/mol. The summed E-state index contributed by atoms with van der Waals surface area (Å²) in [7, 11) is 1.82. The van der Waals surface area contributed by atoms with Crippen LogP contribution in [0.5, 0.6) is 0 Å². The maximum atomic E-state index is 12.9. The quantitative estimate of drug-likeness (QED) is 0.696. The molecule has 0 saturated carbocycles. The van der Waals surface area contributed by atoms with Crippen LogP contribution in [0.25, 0.3) is 5.69 Å². The summed E-state index contributed by atoms with van der Waals surface area (Å²) in [5, 5.41) is 0.694. The number of nitrogens with zero attached hydrogens (tertiary/aromatic N) is 3. The van der Waals surface area contributed by atoms with Gasteiger partial charge in [0.25, 0.3) is 5.91 Å². The van der Waals surface area contributed by atoms with Gasteiger partial charge in [0.1, 0.15) is 0 Å². The topological polar surface area (TPSA) is 38.1 Å². The summed E-state index contributed by atoms with van der Waals surface area (Å²) >= 11 is 5.98. The van der Waals surface area contributed by atoms with E-state index in [1.807, 2.05) is 63.4 Å². The zero-order chi connectivity index (χ0) is 18.0. The van der Waals surface area contributed by atoms with Crippen molar-refractivity contribution in [3.05, 3.63) is 82.4 Å². The van der Waals surface area contributed by atoms with Crippen LogP contribution in [0, 0.1) is 13.8 Å². The summed E-state index contributed by atoms with van der Waals surface area (Å²) in [6.45, 7) is 4.52. The average Bonchev–Trinajstić information content (AvgIpc) is 2.90. The number of rotatable bonds is 4. The maximum absolute atomic E-state index is 12.9. The fourth-order valence-corrected chi connectivity index (χ4v) is 3.13. The average molecular weight is 354 g/mol. The first-order chi connectivity index (χ1) is 12.0. The van der Waals surface area contributed by atoms with E-state index >= 15 is 0 Å². The van der Waals surface area contributed by atoms with E-state index in [-0.39, 0.29) is 5.91 Å². The molecule has 0 fully saturated rings. The van der Waals surface area contributed by atoms with Gasteiger partial charge >= 0.3 is 0 Å². The van der Waals surface area contributed by atoms with Crippen LogP contribution in [0.15, 0.2) is 54.9 Å². The van der Waals surface area contributed by atoms with Crippen LogP contribution in [0.1, 0.15) is 27.3 Å². The van der Waals surface area contributed by atoms with Gasteiger partial charge < -0.3 is 9.47 Å². The molecule has 0 aliphatic carbocycles. The molecular weight excluding hydrogens is 334 g/mol. The van der Waals surface area contributed by atoms with Gasteiger partial charge in [-0.25, -0.2) is 0 Å². The molecular formula is C20H20ClN3O. The number of aryl methyl sites for hydroxylation is 1. The lowest BCUT2D eigenvalue weighted by molar-refractivity contribution is 0.0784. The Kier molecular flexibility index (Phi) is 4.91. The molecule has 3 rings (SSSR count). The molecule has 0 spiro atoms. The minimum Gasteiger partial charge on any atom is -0.337 e.